The number of thioether (sulfide) groups is 1. The van der Waals surface area contributed by atoms with E-state index >= 15 is 0 Å². The highest BCUT2D eigenvalue weighted by atomic mass is 79.9. The van der Waals surface area contributed by atoms with Crippen LogP contribution < -0.4 is 11.1 Å². The molecule has 1 heterocycles. The Morgan fingerprint density at radius 3 is 2.76 bits per heavy atom. The summed E-state index contributed by atoms with van der Waals surface area (Å²) in [4.78, 5) is 0. The van der Waals surface area contributed by atoms with Crippen molar-refractivity contribution < 1.29 is 0 Å². The molecule has 0 amide bonds. The monoisotopic (exact) mass is 314 g/mol. The van der Waals surface area contributed by atoms with E-state index in [0.29, 0.717) is 6.54 Å². The van der Waals surface area contributed by atoms with Gasteiger partial charge in [0.05, 0.1) is 5.54 Å². The van der Waals surface area contributed by atoms with Crippen molar-refractivity contribution in [2.45, 2.75) is 25.3 Å². The number of rotatable bonds is 3. The predicted octanol–water partition coefficient (Wildman–Crippen LogP) is 3.39. The fraction of sp³-hybridized carbons (Fsp3) is 0.538. The highest BCUT2D eigenvalue weighted by Gasteiger charge is 2.31. The van der Waals surface area contributed by atoms with Gasteiger partial charge in [-0.05, 0) is 64.9 Å². The summed E-state index contributed by atoms with van der Waals surface area (Å²) >= 11 is 5.63. The Morgan fingerprint density at radius 2 is 2.12 bits per heavy atom. The summed E-state index contributed by atoms with van der Waals surface area (Å²) in [5.74, 6) is 2.40. The van der Waals surface area contributed by atoms with E-state index in [1.165, 1.54) is 22.8 Å². The van der Waals surface area contributed by atoms with E-state index in [9.17, 15) is 0 Å². The zero-order valence-corrected chi connectivity index (χ0v) is 12.5. The molecule has 1 fully saturated rings. The molecule has 0 bridgehead atoms. The number of halogens is 1. The number of nitrogens with one attached hydrogen (secondary N) is 1. The first kappa shape index (κ1) is 13.2. The lowest BCUT2D eigenvalue weighted by molar-refractivity contribution is 0.443. The highest BCUT2D eigenvalue weighted by molar-refractivity contribution is 9.10. The molecule has 1 saturated heterocycles. The summed E-state index contributed by atoms with van der Waals surface area (Å²) in [5, 5.41) is 3.67. The van der Waals surface area contributed by atoms with Gasteiger partial charge in [0, 0.05) is 16.7 Å². The van der Waals surface area contributed by atoms with Crippen LogP contribution in [0, 0.1) is 6.92 Å². The van der Waals surface area contributed by atoms with Crippen molar-refractivity contribution in [3.8, 4) is 0 Å². The molecular formula is C13H19BrN2S. The molecule has 0 radical (unpaired) electrons. The van der Waals surface area contributed by atoms with Crippen LogP contribution in [0.25, 0.3) is 0 Å². The molecule has 94 valence electrons. The Morgan fingerprint density at radius 1 is 1.41 bits per heavy atom. The Labute approximate surface area is 116 Å². The second kappa shape index (κ2) is 5.63. The molecule has 0 saturated carbocycles. The van der Waals surface area contributed by atoms with E-state index in [1.807, 2.05) is 11.8 Å². The van der Waals surface area contributed by atoms with Gasteiger partial charge in [-0.25, -0.2) is 0 Å². The standard InChI is InChI=1S/C13H19BrN2S/c1-10-2-3-11(14)12(8-10)16-13(9-15)4-6-17-7-5-13/h2-3,8,16H,4-7,9,15H2,1H3. The van der Waals surface area contributed by atoms with Gasteiger partial charge in [-0.2, -0.15) is 11.8 Å². The number of hydrogen-bond acceptors (Lipinski definition) is 3. The molecule has 0 unspecified atom stereocenters. The van der Waals surface area contributed by atoms with Gasteiger partial charge in [0.25, 0.3) is 0 Å². The van der Waals surface area contributed by atoms with E-state index in [1.54, 1.807) is 0 Å². The number of aryl methyl sites for hydroxylation is 1. The Kier molecular flexibility index (Phi) is 4.39. The summed E-state index contributed by atoms with van der Waals surface area (Å²) in [6.07, 6.45) is 2.29. The number of nitrogens with two attached hydrogens (primary N) is 1. The first-order valence-electron chi connectivity index (χ1n) is 5.97. The predicted molar refractivity (Wildman–Crippen MR) is 80.8 cm³/mol. The number of anilines is 1. The van der Waals surface area contributed by atoms with Gasteiger partial charge < -0.3 is 11.1 Å². The molecule has 17 heavy (non-hydrogen) atoms. The van der Waals surface area contributed by atoms with Crippen molar-refractivity contribution in [2.24, 2.45) is 5.73 Å². The molecular weight excluding hydrogens is 296 g/mol. The van der Waals surface area contributed by atoms with E-state index in [0.717, 1.165) is 17.3 Å². The van der Waals surface area contributed by atoms with Gasteiger partial charge in [-0.1, -0.05) is 6.07 Å². The quantitative estimate of drug-likeness (QED) is 0.898. The molecule has 1 aromatic rings. The summed E-state index contributed by atoms with van der Waals surface area (Å²) < 4.78 is 1.12. The molecule has 2 rings (SSSR count). The van der Waals surface area contributed by atoms with E-state index in [-0.39, 0.29) is 5.54 Å². The third kappa shape index (κ3) is 3.18. The summed E-state index contributed by atoms with van der Waals surface area (Å²) in [6.45, 7) is 2.82. The molecule has 0 spiro atoms. The van der Waals surface area contributed by atoms with Crippen molar-refractivity contribution >= 4 is 33.4 Å². The highest BCUT2D eigenvalue weighted by Crippen LogP contribution is 2.33. The van der Waals surface area contributed by atoms with Crippen LogP contribution in [-0.2, 0) is 0 Å². The molecule has 3 N–H and O–H groups in total. The molecule has 1 aliphatic heterocycles. The van der Waals surface area contributed by atoms with Crippen molar-refractivity contribution in [1.29, 1.82) is 0 Å². The summed E-state index contributed by atoms with van der Waals surface area (Å²) in [5.41, 5.74) is 8.51. The minimum atomic E-state index is 0.0849. The number of hydrogen-bond donors (Lipinski definition) is 2. The van der Waals surface area contributed by atoms with Crippen molar-refractivity contribution in [2.75, 3.05) is 23.4 Å². The Balaban J connectivity index is 2.20. The van der Waals surface area contributed by atoms with Gasteiger partial charge >= 0.3 is 0 Å². The van der Waals surface area contributed by atoms with Crippen LogP contribution in [0.5, 0.6) is 0 Å². The topological polar surface area (TPSA) is 38.0 Å². The lowest BCUT2D eigenvalue weighted by Gasteiger charge is -2.38. The van der Waals surface area contributed by atoms with Crippen LogP contribution in [0.1, 0.15) is 18.4 Å². The van der Waals surface area contributed by atoms with Crippen LogP contribution in [0.15, 0.2) is 22.7 Å². The van der Waals surface area contributed by atoms with Crippen LogP contribution in [0.2, 0.25) is 0 Å². The average molecular weight is 315 g/mol. The Bertz CT molecular complexity index is 389. The third-order valence-electron chi connectivity index (χ3n) is 3.36. The van der Waals surface area contributed by atoms with Crippen LogP contribution in [-0.4, -0.2) is 23.6 Å². The molecule has 0 atom stereocenters. The van der Waals surface area contributed by atoms with Crippen molar-refractivity contribution in [1.82, 2.24) is 0 Å². The first-order valence-corrected chi connectivity index (χ1v) is 7.92. The van der Waals surface area contributed by atoms with Crippen LogP contribution in [0.4, 0.5) is 5.69 Å². The lowest BCUT2D eigenvalue weighted by atomic mass is 9.92. The summed E-state index contributed by atoms with van der Waals surface area (Å²) in [6, 6.07) is 6.39. The second-order valence-corrected chi connectivity index (χ2v) is 6.78. The maximum atomic E-state index is 5.99. The molecule has 1 aliphatic rings. The molecule has 1 aromatic carbocycles. The normalized spacial score (nSPS) is 19.0. The largest absolute Gasteiger partial charge is 0.377 e. The Hall–Kier alpha value is -0.190. The van der Waals surface area contributed by atoms with E-state index in [2.05, 4.69) is 46.4 Å². The lowest BCUT2D eigenvalue weighted by Crippen LogP contribution is -2.48. The number of benzene rings is 1. The fourth-order valence-electron chi connectivity index (χ4n) is 2.16. The van der Waals surface area contributed by atoms with Crippen molar-refractivity contribution in [3.05, 3.63) is 28.2 Å². The van der Waals surface area contributed by atoms with E-state index < -0.39 is 0 Å². The molecule has 2 nitrogen and oxygen atoms in total. The average Bonchev–Trinajstić information content (AvgIpc) is 2.35. The second-order valence-electron chi connectivity index (χ2n) is 4.71. The van der Waals surface area contributed by atoms with Crippen LogP contribution >= 0.6 is 27.7 Å². The zero-order valence-electron chi connectivity index (χ0n) is 10.1. The van der Waals surface area contributed by atoms with Gasteiger partial charge in [-0.15, -0.1) is 0 Å². The maximum Gasteiger partial charge on any atom is 0.0511 e. The van der Waals surface area contributed by atoms with Gasteiger partial charge in [0.2, 0.25) is 0 Å². The fourth-order valence-corrected chi connectivity index (χ4v) is 3.78. The SMILES string of the molecule is Cc1ccc(Br)c(NC2(CN)CCSCC2)c1. The van der Waals surface area contributed by atoms with Gasteiger partial charge in [-0.3, -0.25) is 0 Å². The maximum absolute atomic E-state index is 5.99. The zero-order chi connectivity index (χ0) is 12.3. The van der Waals surface area contributed by atoms with Gasteiger partial charge in [0.15, 0.2) is 0 Å². The third-order valence-corrected chi connectivity index (χ3v) is 5.04. The smallest absolute Gasteiger partial charge is 0.0511 e. The van der Waals surface area contributed by atoms with Gasteiger partial charge in [0.1, 0.15) is 0 Å². The minimum absolute atomic E-state index is 0.0849. The van der Waals surface area contributed by atoms with E-state index in [4.69, 9.17) is 5.73 Å². The van der Waals surface area contributed by atoms with Crippen molar-refractivity contribution in [3.63, 3.8) is 0 Å². The molecule has 4 heteroatoms. The molecule has 0 aliphatic carbocycles. The van der Waals surface area contributed by atoms with Crippen LogP contribution in [0.3, 0.4) is 0 Å². The summed E-state index contributed by atoms with van der Waals surface area (Å²) in [7, 11) is 0. The minimum Gasteiger partial charge on any atom is -0.377 e. The first-order chi connectivity index (χ1) is 8.15. The molecule has 0 aromatic heterocycles.